The molecule has 1 aromatic rings. The summed E-state index contributed by atoms with van der Waals surface area (Å²) < 4.78 is 37.3. The van der Waals surface area contributed by atoms with E-state index in [9.17, 15) is 13.2 Å². The topological polar surface area (TPSA) is 81.7 Å². The van der Waals surface area contributed by atoms with Crippen LogP contribution in [0.4, 0.5) is 5.69 Å². The van der Waals surface area contributed by atoms with Crippen LogP contribution in [0.2, 0.25) is 0 Å². The van der Waals surface area contributed by atoms with Crippen LogP contribution in [-0.4, -0.2) is 33.9 Å². The van der Waals surface area contributed by atoms with E-state index in [0.29, 0.717) is 22.6 Å². The molecule has 0 aliphatic heterocycles. The first-order valence-corrected chi connectivity index (χ1v) is 8.35. The van der Waals surface area contributed by atoms with Crippen molar-refractivity contribution < 1.29 is 55.4 Å². The summed E-state index contributed by atoms with van der Waals surface area (Å²) in [6, 6.07) is 4.61. The fourth-order valence-corrected chi connectivity index (χ4v) is 3.99. The Kier molecular flexibility index (Phi) is 8.74. The van der Waals surface area contributed by atoms with Crippen molar-refractivity contribution in [2.75, 3.05) is 18.9 Å². The van der Waals surface area contributed by atoms with Gasteiger partial charge in [-0.1, -0.05) is 33.4 Å². The van der Waals surface area contributed by atoms with Gasteiger partial charge in [0.15, 0.2) is 5.25 Å². The molecule has 1 aromatic carbocycles. The largest absolute Gasteiger partial charge is 0.523 e. The molecule has 0 spiro atoms. The van der Waals surface area contributed by atoms with Gasteiger partial charge in [0.1, 0.15) is 0 Å². The molecule has 0 aromatic heterocycles. The summed E-state index contributed by atoms with van der Waals surface area (Å²) in [4.78, 5) is 11.8. The molecule has 6 nitrogen and oxygen atoms in total. The molecular weight excluding hydrogens is 395 g/mol. The standard InChI is InChI=1S/C15H22NO5S.Y/c1-9(2)14(15(17)21-6)22(18,19)16-13-10(3)7-12(20-5)8-11(13)4;/h7,9,14,16H,1-6H3;/q-1;. The van der Waals surface area contributed by atoms with Crippen LogP contribution in [0, 0.1) is 25.8 Å². The van der Waals surface area contributed by atoms with Crippen LogP contribution in [0.15, 0.2) is 6.07 Å². The van der Waals surface area contributed by atoms with Gasteiger partial charge in [-0.25, -0.2) is 8.42 Å². The smallest absolute Gasteiger partial charge is 0.326 e. The Morgan fingerprint density at radius 3 is 2.22 bits per heavy atom. The average molecular weight is 417 g/mol. The second kappa shape index (κ2) is 8.99. The number of anilines is 1. The number of rotatable bonds is 6. The first-order chi connectivity index (χ1) is 10.1. The molecule has 0 fully saturated rings. The molecule has 127 valence electrons. The molecule has 0 aliphatic carbocycles. The van der Waals surface area contributed by atoms with Crippen LogP contribution >= 0.6 is 0 Å². The van der Waals surface area contributed by atoms with Gasteiger partial charge in [-0.2, -0.15) is 0 Å². The van der Waals surface area contributed by atoms with Crippen molar-refractivity contribution in [3.8, 4) is 5.75 Å². The van der Waals surface area contributed by atoms with Crippen LogP contribution in [0.3, 0.4) is 0 Å². The Bertz CT molecular complexity index is 635. The first-order valence-electron chi connectivity index (χ1n) is 6.81. The third-order valence-electron chi connectivity index (χ3n) is 3.27. The summed E-state index contributed by atoms with van der Waals surface area (Å²) in [5.41, 5.74) is 1.67. The molecule has 1 N–H and O–H groups in total. The summed E-state index contributed by atoms with van der Waals surface area (Å²) in [5.74, 6) is -0.686. The second-order valence-electron chi connectivity index (χ2n) is 5.36. The van der Waals surface area contributed by atoms with E-state index in [0.717, 1.165) is 0 Å². The van der Waals surface area contributed by atoms with Gasteiger partial charge >= 0.3 is 5.97 Å². The molecule has 23 heavy (non-hydrogen) atoms. The minimum atomic E-state index is -3.94. The van der Waals surface area contributed by atoms with Crippen molar-refractivity contribution in [3.63, 3.8) is 0 Å². The zero-order valence-corrected chi connectivity index (χ0v) is 17.9. The minimum Gasteiger partial charge on any atom is -0.523 e. The van der Waals surface area contributed by atoms with Crippen molar-refractivity contribution in [1.29, 1.82) is 0 Å². The summed E-state index contributed by atoms with van der Waals surface area (Å²) in [6.45, 7) is 6.78. The number of hydrogen-bond donors (Lipinski definition) is 1. The molecule has 8 heteroatoms. The van der Waals surface area contributed by atoms with Gasteiger partial charge in [0.25, 0.3) is 0 Å². The van der Waals surface area contributed by atoms with Crippen LogP contribution in [0.5, 0.6) is 5.75 Å². The molecule has 0 saturated heterocycles. The summed E-state index contributed by atoms with van der Waals surface area (Å²) in [6.07, 6.45) is 0. The van der Waals surface area contributed by atoms with Crippen molar-refractivity contribution >= 4 is 21.7 Å². The maximum absolute atomic E-state index is 12.5. The second-order valence-corrected chi connectivity index (χ2v) is 7.16. The Hall–Kier alpha value is -0.656. The predicted octanol–water partition coefficient (Wildman–Crippen LogP) is 2.05. The van der Waals surface area contributed by atoms with Gasteiger partial charge in [-0.15, -0.1) is 23.3 Å². The van der Waals surface area contributed by atoms with Gasteiger partial charge < -0.3 is 14.2 Å². The Morgan fingerprint density at radius 1 is 1.26 bits per heavy atom. The zero-order valence-electron chi connectivity index (χ0n) is 14.3. The Balaban J connectivity index is 0.00000484. The van der Waals surface area contributed by atoms with E-state index in [1.807, 2.05) is 0 Å². The van der Waals surface area contributed by atoms with Crippen LogP contribution in [-0.2, 0) is 52.3 Å². The molecule has 1 unspecified atom stereocenters. The molecule has 0 saturated carbocycles. The number of benzene rings is 1. The molecule has 0 heterocycles. The van der Waals surface area contributed by atoms with Crippen LogP contribution < -0.4 is 9.46 Å². The first kappa shape index (κ1) is 22.3. The van der Waals surface area contributed by atoms with Crippen molar-refractivity contribution in [2.24, 2.45) is 5.92 Å². The molecule has 1 atom stereocenters. The molecule has 0 bridgehead atoms. The number of sulfonamides is 1. The van der Waals surface area contributed by atoms with Gasteiger partial charge in [-0.3, -0.25) is 4.79 Å². The maximum Gasteiger partial charge on any atom is 0.326 e. The number of carbonyl (C=O) groups is 1. The monoisotopic (exact) mass is 417 g/mol. The number of methoxy groups -OCH3 is 2. The number of esters is 1. The number of aryl methyl sites for hydroxylation is 2. The number of hydrogen-bond acceptors (Lipinski definition) is 5. The van der Waals surface area contributed by atoms with E-state index < -0.39 is 27.2 Å². The summed E-state index contributed by atoms with van der Waals surface area (Å²) in [7, 11) is -1.25. The average Bonchev–Trinajstić information content (AvgIpc) is 2.41. The predicted molar refractivity (Wildman–Crippen MR) is 84.5 cm³/mol. The fraction of sp³-hybridized carbons (Fsp3) is 0.533. The van der Waals surface area contributed by atoms with Crippen molar-refractivity contribution in [2.45, 2.75) is 32.9 Å². The van der Waals surface area contributed by atoms with Crippen LogP contribution in [0.25, 0.3) is 0 Å². The van der Waals surface area contributed by atoms with E-state index in [1.54, 1.807) is 33.8 Å². The molecule has 1 radical (unpaired) electrons. The number of nitrogens with one attached hydrogen (secondary N) is 1. The molecule has 0 aliphatic rings. The summed E-state index contributed by atoms with van der Waals surface area (Å²) in [5, 5.41) is -1.28. The van der Waals surface area contributed by atoms with Crippen molar-refractivity contribution in [3.05, 3.63) is 23.3 Å². The number of carbonyl (C=O) groups excluding carboxylic acids is 1. The van der Waals surface area contributed by atoms with E-state index in [4.69, 9.17) is 4.74 Å². The Morgan fingerprint density at radius 2 is 1.83 bits per heavy atom. The van der Waals surface area contributed by atoms with E-state index in [1.165, 1.54) is 14.2 Å². The van der Waals surface area contributed by atoms with E-state index >= 15 is 0 Å². The SMILES string of the molecule is COC(=O)C(C(C)C)S(=O)(=O)Nc1c(C)[c-]c(OC)cc1C.[Y]. The van der Waals surface area contributed by atoms with Crippen LogP contribution in [0.1, 0.15) is 25.0 Å². The van der Waals surface area contributed by atoms with Gasteiger partial charge in [0.05, 0.1) is 14.2 Å². The van der Waals surface area contributed by atoms with E-state index in [2.05, 4.69) is 15.5 Å². The number of ether oxygens (including phenoxy) is 2. The zero-order chi connectivity index (χ0) is 17.1. The third kappa shape index (κ3) is 5.43. The third-order valence-corrected chi connectivity index (χ3v) is 5.16. The fourth-order valence-electron chi connectivity index (χ4n) is 2.19. The molecule has 1 rings (SSSR count). The maximum atomic E-state index is 12.5. The Labute approximate surface area is 163 Å². The van der Waals surface area contributed by atoms with Crippen molar-refractivity contribution in [1.82, 2.24) is 0 Å². The summed E-state index contributed by atoms with van der Waals surface area (Å²) >= 11 is 0. The molecule has 0 amide bonds. The molecular formula is C15H22NO5SY-. The minimum absolute atomic E-state index is 0. The van der Waals surface area contributed by atoms with E-state index in [-0.39, 0.29) is 32.7 Å². The van der Waals surface area contributed by atoms with Gasteiger partial charge in [0, 0.05) is 38.5 Å². The normalized spacial score (nSPS) is 12.3. The van der Waals surface area contributed by atoms with Gasteiger partial charge in [0.2, 0.25) is 10.0 Å². The quantitative estimate of drug-likeness (QED) is 0.566. The van der Waals surface area contributed by atoms with Gasteiger partial charge in [-0.05, 0) is 5.92 Å².